The molecule has 1 aliphatic rings. The fraction of sp³-hybridized carbons (Fsp3) is 0.778. The van der Waals surface area contributed by atoms with E-state index in [0.29, 0.717) is 13.1 Å². The Bertz CT molecular complexity index is 941. The van der Waals surface area contributed by atoms with Crippen molar-refractivity contribution in [3.05, 3.63) is 0 Å². The van der Waals surface area contributed by atoms with Crippen LogP contribution in [0.4, 0.5) is 4.79 Å². The van der Waals surface area contributed by atoms with Crippen molar-refractivity contribution in [1.82, 2.24) is 16.0 Å². The average Bonchev–Trinajstić information content (AvgIpc) is 2.83. The number of hydrogen-bond donors (Lipinski definition) is 3. The Morgan fingerprint density at radius 1 is 0.810 bits per heavy atom. The Morgan fingerprint density at radius 2 is 1.40 bits per heavy atom. The second kappa shape index (κ2) is 18.5. The maximum atomic E-state index is 12.4. The summed E-state index contributed by atoms with van der Waals surface area (Å²) in [5, 5.41) is 8.22. The molecule has 15 heteroatoms. The molecule has 0 radical (unpaired) electrons. The van der Waals surface area contributed by atoms with Crippen molar-refractivity contribution in [2.75, 3.05) is 25.4 Å². The lowest BCUT2D eigenvalue weighted by Gasteiger charge is -2.45. The molecule has 5 atom stereocenters. The van der Waals surface area contributed by atoms with E-state index in [4.69, 9.17) is 23.7 Å². The average molecular weight is 620 g/mol. The van der Waals surface area contributed by atoms with Gasteiger partial charge in [0.15, 0.2) is 12.2 Å². The molecule has 1 aliphatic heterocycles. The Hall–Kier alpha value is -3.07. The van der Waals surface area contributed by atoms with Gasteiger partial charge in [0.05, 0.1) is 0 Å². The number of rotatable bonds is 15. The maximum Gasteiger partial charge on any atom is 0.407 e. The molecule has 42 heavy (non-hydrogen) atoms. The van der Waals surface area contributed by atoms with Gasteiger partial charge in [-0.25, -0.2) is 4.79 Å². The highest BCUT2D eigenvalue weighted by atomic mass is 32.2. The predicted molar refractivity (Wildman–Crippen MR) is 152 cm³/mol. The van der Waals surface area contributed by atoms with Crippen LogP contribution in [0.2, 0.25) is 0 Å². The van der Waals surface area contributed by atoms with Gasteiger partial charge in [-0.05, 0) is 40.0 Å². The van der Waals surface area contributed by atoms with E-state index in [1.807, 2.05) is 0 Å². The topological polar surface area (TPSA) is 185 Å². The second-order valence-corrected chi connectivity index (χ2v) is 11.9. The van der Waals surface area contributed by atoms with Crippen LogP contribution in [0.5, 0.6) is 0 Å². The molecule has 3 amide bonds. The summed E-state index contributed by atoms with van der Waals surface area (Å²) < 4.78 is 27.2. The van der Waals surface area contributed by atoms with E-state index < -0.39 is 65.3 Å². The highest BCUT2D eigenvalue weighted by Gasteiger charge is 2.50. The fourth-order valence-electron chi connectivity index (χ4n) is 3.95. The molecule has 0 aliphatic carbocycles. The summed E-state index contributed by atoms with van der Waals surface area (Å²) in [6.07, 6.45) is -1.37. The standard InChI is InChI=1S/C27H45N3O11S/c1-16(31)30-22-24(39-19(4)34)23(38-18(3)33)20(15-37-17(2)32)40-25(22)42-14-11-21(35)28-12-9-8-10-13-29-26(36)41-27(5,6)7/h20,22-25H,8-15H2,1-7H3,(H,28,35)(H,29,36)(H,30,31)/t20-,22-,23+,24-,25+/m1/s1. The lowest BCUT2D eigenvalue weighted by Crippen LogP contribution is -2.65. The first-order valence-electron chi connectivity index (χ1n) is 13.8. The van der Waals surface area contributed by atoms with Gasteiger partial charge in [-0.15, -0.1) is 11.8 Å². The van der Waals surface area contributed by atoms with Gasteiger partial charge in [-0.1, -0.05) is 0 Å². The van der Waals surface area contributed by atoms with Gasteiger partial charge in [0.25, 0.3) is 0 Å². The molecule has 0 aromatic rings. The first-order chi connectivity index (χ1) is 19.6. The van der Waals surface area contributed by atoms with Gasteiger partial charge in [0, 0.05) is 53.0 Å². The Labute approximate surface area is 251 Å². The molecule has 0 unspecified atom stereocenters. The number of hydrogen-bond acceptors (Lipinski definition) is 12. The van der Waals surface area contributed by atoms with Crippen molar-refractivity contribution < 1.29 is 52.5 Å². The summed E-state index contributed by atoms with van der Waals surface area (Å²) in [4.78, 5) is 71.3. The van der Waals surface area contributed by atoms with Crippen molar-refractivity contribution in [3.8, 4) is 0 Å². The summed E-state index contributed by atoms with van der Waals surface area (Å²) in [6.45, 7) is 10.9. The molecular formula is C27H45N3O11S. The lowest BCUT2D eigenvalue weighted by molar-refractivity contribution is -0.211. The van der Waals surface area contributed by atoms with Crippen LogP contribution in [-0.2, 0) is 47.7 Å². The number of ether oxygens (including phenoxy) is 5. The van der Waals surface area contributed by atoms with E-state index in [9.17, 15) is 28.8 Å². The van der Waals surface area contributed by atoms with Crippen molar-refractivity contribution in [2.45, 2.75) is 110 Å². The van der Waals surface area contributed by atoms with E-state index in [1.54, 1.807) is 20.8 Å². The number of carbonyl (C=O) groups is 6. The zero-order chi connectivity index (χ0) is 31.9. The molecule has 0 bridgehead atoms. The minimum Gasteiger partial charge on any atom is -0.463 e. The minimum absolute atomic E-state index is 0.137. The zero-order valence-corrected chi connectivity index (χ0v) is 26.3. The molecule has 1 fully saturated rings. The van der Waals surface area contributed by atoms with E-state index >= 15 is 0 Å². The van der Waals surface area contributed by atoms with Crippen LogP contribution in [0.15, 0.2) is 0 Å². The van der Waals surface area contributed by atoms with Gasteiger partial charge < -0.3 is 39.6 Å². The van der Waals surface area contributed by atoms with Crippen LogP contribution in [0, 0.1) is 0 Å². The molecule has 1 saturated heterocycles. The summed E-state index contributed by atoms with van der Waals surface area (Å²) in [5.41, 5.74) is -1.38. The Morgan fingerprint density at radius 3 is 1.95 bits per heavy atom. The Balaban J connectivity index is 2.67. The fourth-order valence-corrected chi connectivity index (χ4v) is 5.14. The van der Waals surface area contributed by atoms with Gasteiger partial charge in [0.2, 0.25) is 11.8 Å². The molecule has 0 aromatic heterocycles. The number of carbonyl (C=O) groups excluding carboxylic acids is 6. The molecule has 0 aromatic carbocycles. The van der Waals surface area contributed by atoms with Gasteiger partial charge in [-0.3, -0.25) is 24.0 Å². The van der Waals surface area contributed by atoms with Crippen LogP contribution >= 0.6 is 11.8 Å². The van der Waals surface area contributed by atoms with Crippen LogP contribution < -0.4 is 16.0 Å². The highest BCUT2D eigenvalue weighted by Crippen LogP contribution is 2.33. The van der Waals surface area contributed by atoms with Gasteiger partial charge in [0.1, 0.15) is 29.8 Å². The smallest absolute Gasteiger partial charge is 0.407 e. The molecule has 0 saturated carbocycles. The van der Waals surface area contributed by atoms with E-state index in [1.165, 1.54) is 39.5 Å². The van der Waals surface area contributed by atoms with Crippen LogP contribution in [0.1, 0.15) is 74.1 Å². The second-order valence-electron chi connectivity index (χ2n) is 10.7. The number of alkyl carbamates (subject to hydrolysis) is 1. The number of unbranched alkanes of at least 4 members (excludes halogenated alkanes) is 2. The number of amides is 3. The van der Waals surface area contributed by atoms with Crippen molar-refractivity contribution in [3.63, 3.8) is 0 Å². The third-order valence-corrected chi connectivity index (χ3v) is 6.70. The number of nitrogens with one attached hydrogen (secondary N) is 3. The number of thioether (sulfide) groups is 1. The normalized spacial score (nSPS) is 21.8. The molecule has 1 rings (SSSR count). The number of esters is 3. The van der Waals surface area contributed by atoms with Crippen LogP contribution in [0.25, 0.3) is 0 Å². The molecule has 14 nitrogen and oxygen atoms in total. The summed E-state index contributed by atoms with van der Waals surface area (Å²) in [7, 11) is 0. The monoisotopic (exact) mass is 619 g/mol. The molecular weight excluding hydrogens is 574 g/mol. The van der Waals surface area contributed by atoms with Crippen molar-refractivity contribution in [2.24, 2.45) is 0 Å². The molecule has 240 valence electrons. The third kappa shape index (κ3) is 15.8. The van der Waals surface area contributed by atoms with Crippen molar-refractivity contribution in [1.29, 1.82) is 0 Å². The van der Waals surface area contributed by atoms with E-state index in [2.05, 4.69) is 16.0 Å². The van der Waals surface area contributed by atoms with Gasteiger partial charge in [-0.2, -0.15) is 0 Å². The first kappa shape index (κ1) is 37.0. The highest BCUT2D eigenvalue weighted by molar-refractivity contribution is 7.99. The predicted octanol–water partition coefficient (Wildman–Crippen LogP) is 1.58. The van der Waals surface area contributed by atoms with Crippen LogP contribution in [-0.4, -0.2) is 96.7 Å². The van der Waals surface area contributed by atoms with E-state index in [0.717, 1.165) is 19.3 Å². The maximum absolute atomic E-state index is 12.4. The summed E-state index contributed by atoms with van der Waals surface area (Å²) in [6, 6.07) is -0.924. The Kier molecular flexibility index (Phi) is 16.2. The SMILES string of the molecule is CC(=O)N[C@@H]1[C@@H](OC(C)=O)[C@@H](OC(C)=O)[C@@H](COC(C)=O)O[C@H]1SCCC(=O)NCCCCCNC(=O)OC(C)(C)C. The zero-order valence-electron chi connectivity index (χ0n) is 25.4. The summed E-state index contributed by atoms with van der Waals surface area (Å²) in [5.74, 6) is -2.29. The quantitative estimate of drug-likeness (QED) is 0.137. The first-order valence-corrected chi connectivity index (χ1v) is 14.9. The summed E-state index contributed by atoms with van der Waals surface area (Å²) >= 11 is 1.20. The van der Waals surface area contributed by atoms with E-state index in [-0.39, 0.29) is 24.7 Å². The molecule has 0 spiro atoms. The molecule has 3 N–H and O–H groups in total. The van der Waals surface area contributed by atoms with Crippen LogP contribution in [0.3, 0.4) is 0 Å². The largest absolute Gasteiger partial charge is 0.463 e. The molecule has 1 heterocycles. The van der Waals surface area contributed by atoms with Crippen molar-refractivity contribution >= 4 is 47.6 Å². The minimum atomic E-state index is -1.16. The lowest BCUT2D eigenvalue weighted by atomic mass is 9.97. The van der Waals surface area contributed by atoms with Gasteiger partial charge >= 0.3 is 24.0 Å². The third-order valence-electron chi connectivity index (χ3n) is 5.53.